The average molecular weight is 359 g/mol. The monoisotopic (exact) mass is 359 g/mol. The van der Waals surface area contributed by atoms with E-state index >= 15 is 0 Å². The van der Waals surface area contributed by atoms with Gasteiger partial charge in [-0.25, -0.2) is 14.4 Å². The van der Waals surface area contributed by atoms with Crippen LogP contribution < -0.4 is 5.32 Å². The Morgan fingerprint density at radius 3 is 2.37 bits per heavy atom. The molecular weight excluding hydrogens is 341 g/mol. The van der Waals surface area contributed by atoms with Crippen molar-refractivity contribution in [1.82, 2.24) is 20.2 Å². The molecule has 6 heteroatoms. The Labute approximate surface area is 156 Å². The van der Waals surface area contributed by atoms with Crippen molar-refractivity contribution in [3.05, 3.63) is 77.6 Å². The van der Waals surface area contributed by atoms with Crippen LogP contribution in [0, 0.1) is 19.7 Å². The normalized spacial score (nSPS) is 10.9. The third kappa shape index (κ3) is 3.74. The van der Waals surface area contributed by atoms with Gasteiger partial charge >= 0.3 is 0 Å². The van der Waals surface area contributed by atoms with Crippen molar-refractivity contribution < 1.29 is 4.39 Å². The summed E-state index contributed by atoms with van der Waals surface area (Å²) in [7, 11) is 0. The molecule has 0 fully saturated rings. The van der Waals surface area contributed by atoms with Gasteiger partial charge in [-0.15, -0.1) is 0 Å². The van der Waals surface area contributed by atoms with E-state index in [1.165, 1.54) is 12.1 Å². The molecule has 2 heterocycles. The van der Waals surface area contributed by atoms with E-state index in [1.807, 2.05) is 44.2 Å². The summed E-state index contributed by atoms with van der Waals surface area (Å²) in [5.41, 5.74) is 4.49. The molecule has 4 rings (SSSR count). The van der Waals surface area contributed by atoms with Crippen LogP contribution in [0.15, 0.2) is 54.6 Å². The number of fused-ring (bicyclic) bond motifs is 1. The quantitative estimate of drug-likeness (QED) is 0.583. The molecule has 0 saturated carbocycles. The number of nitrogens with one attached hydrogen (secondary N) is 1. The molecule has 0 aliphatic carbocycles. The van der Waals surface area contributed by atoms with Gasteiger partial charge in [0.15, 0.2) is 0 Å². The van der Waals surface area contributed by atoms with Crippen molar-refractivity contribution in [1.29, 1.82) is 0 Å². The summed E-state index contributed by atoms with van der Waals surface area (Å²) in [6.07, 6.45) is 0. The Kier molecular flexibility index (Phi) is 4.46. The first-order chi connectivity index (χ1) is 13.1. The highest BCUT2D eigenvalue weighted by atomic mass is 19.1. The highest BCUT2D eigenvalue weighted by Crippen LogP contribution is 2.28. The summed E-state index contributed by atoms with van der Waals surface area (Å²) >= 11 is 0. The number of hydrogen-bond acceptors (Lipinski definition) is 5. The van der Waals surface area contributed by atoms with E-state index in [9.17, 15) is 4.39 Å². The Balaban J connectivity index is 1.70. The fraction of sp³-hybridized carbons (Fsp3) is 0.143. The Morgan fingerprint density at radius 2 is 1.63 bits per heavy atom. The second kappa shape index (κ2) is 7.07. The highest BCUT2D eigenvalue weighted by Gasteiger charge is 2.09. The number of aryl methyl sites for hydroxylation is 2. The van der Waals surface area contributed by atoms with Gasteiger partial charge in [-0.05, 0) is 61.4 Å². The molecular formula is C21H18FN5. The first kappa shape index (κ1) is 17.0. The number of aromatic nitrogens is 4. The second-order valence-electron chi connectivity index (χ2n) is 6.38. The maximum Gasteiger partial charge on any atom is 0.137 e. The molecule has 134 valence electrons. The van der Waals surface area contributed by atoms with Gasteiger partial charge in [0, 0.05) is 5.39 Å². The molecule has 0 saturated heterocycles. The maximum atomic E-state index is 13.2. The van der Waals surface area contributed by atoms with E-state index in [0.717, 1.165) is 39.2 Å². The number of anilines is 1. The number of hydrogen-bond donors (Lipinski definition) is 1. The molecule has 5 nitrogen and oxygen atoms in total. The van der Waals surface area contributed by atoms with E-state index in [4.69, 9.17) is 0 Å². The molecule has 2 aromatic carbocycles. The van der Waals surface area contributed by atoms with Crippen LogP contribution in [0.25, 0.3) is 22.0 Å². The number of benzene rings is 2. The smallest absolute Gasteiger partial charge is 0.137 e. The van der Waals surface area contributed by atoms with E-state index in [-0.39, 0.29) is 5.82 Å². The van der Waals surface area contributed by atoms with E-state index < -0.39 is 0 Å². The number of rotatable bonds is 4. The molecule has 1 N–H and O–H groups in total. The summed E-state index contributed by atoms with van der Waals surface area (Å²) < 4.78 is 13.2. The van der Waals surface area contributed by atoms with Crippen LogP contribution in [-0.2, 0) is 6.54 Å². The zero-order valence-electron chi connectivity index (χ0n) is 15.1. The highest BCUT2D eigenvalue weighted by molar-refractivity contribution is 5.92. The van der Waals surface area contributed by atoms with Crippen molar-refractivity contribution in [3.8, 4) is 11.1 Å². The Bertz CT molecular complexity index is 1090. The van der Waals surface area contributed by atoms with Crippen LogP contribution in [0.4, 0.5) is 10.2 Å². The Hall–Kier alpha value is -3.41. The molecule has 0 aliphatic rings. The van der Waals surface area contributed by atoms with Gasteiger partial charge in [0.2, 0.25) is 0 Å². The zero-order chi connectivity index (χ0) is 18.8. The molecule has 4 aromatic rings. The minimum absolute atomic E-state index is 0.250. The SMILES string of the molecule is Cc1ccc(CNc2nc(C)nc3ccc(-c4ccc(F)cc4)cc23)nn1. The largest absolute Gasteiger partial charge is 0.364 e. The lowest BCUT2D eigenvalue weighted by atomic mass is 10.0. The third-order valence-electron chi connectivity index (χ3n) is 4.28. The van der Waals surface area contributed by atoms with Crippen molar-refractivity contribution in [2.75, 3.05) is 5.32 Å². The summed E-state index contributed by atoms with van der Waals surface area (Å²) in [4.78, 5) is 9.07. The zero-order valence-corrected chi connectivity index (χ0v) is 15.1. The minimum atomic E-state index is -0.250. The van der Waals surface area contributed by atoms with Gasteiger partial charge in [-0.1, -0.05) is 18.2 Å². The number of halogens is 1. The van der Waals surface area contributed by atoms with Crippen LogP contribution in [0.2, 0.25) is 0 Å². The van der Waals surface area contributed by atoms with Gasteiger partial charge in [0.05, 0.1) is 23.4 Å². The van der Waals surface area contributed by atoms with Crippen molar-refractivity contribution >= 4 is 16.7 Å². The molecule has 0 spiro atoms. The van der Waals surface area contributed by atoms with Crippen LogP contribution >= 0.6 is 0 Å². The second-order valence-corrected chi connectivity index (χ2v) is 6.38. The summed E-state index contributed by atoms with van der Waals surface area (Å²) in [5, 5.41) is 12.5. The molecule has 0 radical (unpaired) electrons. The Morgan fingerprint density at radius 1 is 0.852 bits per heavy atom. The maximum absolute atomic E-state index is 13.2. The van der Waals surface area contributed by atoms with Crippen molar-refractivity contribution in [2.24, 2.45) is 0 Å². The predicted octanol–water partition coefficient (Wildman–Crippen LogP) is 4.45. The predicted molar refractivity (Wildman–Crippen MR) is 104 cm³/mol. The van der Waals surface area contributed by atoms with Crippen LogP contribution in [0.5, 0.6) is 0 Å². The fourth-order valence-corrected chi connectivity index (χ4v) is 2.90. The molecule has 2 aromatic heterocycles. The standard InChI is InChI=1S/C21H18FN5/c1-13-3-9-18(27-26-13)12-23-21-19-11-16(15-4-7-17(22)8-5-15)6-10-20(19)24-14(2)25-21/h3-11H,12H2,1-2H3,(H,23,24,25). The molecule has 0 atom stereocenters. The van der Waals surface area contributed by atoms with Gasteiger partial charge in [0.1, 0.15) is 17.5 Å². The van der Waals surface area contributed by atoms with E-state index in [1.54, 1.807) is 12.1 Å². The minimum Gasteiger partial charge on any atom is -0.364 e. The third-order valence-corrected chi connectivity index (χ3v) is 4.28. The first-order valence-corrected chi connectivity index (χ1v) is 8.66. The molecule has 0 aliphatic heterocycles. The fourth-order valence-electron chi connectivity index (χ4n) is 2.90. The average Bonchev–Trinajstić information content (AvgIpc) is 2.67. The van der Waals surface area contributed by atoms with Gasteiger partial charge in [0.25, 0.3) is 0 Å². The van der Waals surface area contributed by atoms with Crippen LogP contribution in [0.1, 0.15) is 17.2 Å². The van der Waals surface area contributed by atoms with Gasteiger partial charge in [-0.3, -0.25) is 0 Å². The van der Waals surface area contributed by atoms with Gasteiger partial charge < -0.3 is 5.32 Å². The molecule has 27 heavy (non-hydrogen) atoms. The summed E-state index contributed by atoms with van der Waals surface area (Å²) in [6, 6.07) is 16.3. The van der Waals surface area contributed by atoms with Crippen molar-refractivity contribution in [2.45, 2.75) is 20.4 Å². The summed E-state index contributed by atoms with van der Waals surface area (Å²) in [5.74, 6) is 1.18. The lowest BCUT2D eigenvalue weighted by Crippen LogP contribution is -2.06. The summed E-state index contributed by atoms with van der Waals surface area (Å²) in [6.45, 7) is 4.28. The lowest BCUT2D eigenvalue weighted by molar-refractivity contribution is 0.628. The van der Waals surface area contributed by atoms with Crippen LogP contribution in [-0.4, -0.2) is 20.2 Å². The number of nitrogens with zero attached hydrogens (tertiary/aromatic N) is 4. The van der Waals surface area contributed by atoms with E-state index in [2.05, 4.69) is 25.5 Å². The molecule has 0 amide bonds. The molecule has 0 unspecified atom stereocenters. The van der Waals surface area contributed by atoms with Crippen molar-refractivity contribution in [3.63, 3.8) is 0 Å². The topological polar surface area (TPSA) is 63.6 Å². The van der Waals surface area contributed by atoms with Crippen LogP contribution in [0.3, 0.4) is 0 Å². The lowest BCUT2D eigenvalue weighted by Gasteiger charge is -2.11. The van der Waals surface area contributed by atoms with Gasteiger partial charge in [-0.2, -0.15) is 10.2 Å². The first-order valence-electron chi connectivity index (χ1n) is 8.66. The van der Waals surface area contributed by atoms with E-state index in [0.29, 0.717) is 12.4 Å². The molecule has 0 bridgehead atoms.